The second kappa shape index (κ2) is 10.7. The zero-order valence-corrected chi connectivity index (χ0v) is 18.9. The van der Waals surface area contributed by atoms with Gasteiger partial charge in [0.25, 0.3) is 0 Å². The molecular weight excluding hydrogens is 444 g/mol. The standard InChI is InChI=1S/C24H27F2N5O3/c1-33-21-4-2-3-18(11-21)13-34-29-20-7-9-30(10-8-20)14-24(32,15-31-17-27-16-28-31)22-6-5-19(25)12-23(22)26/h2-6,11-12,16-17,32H,7-10,13-15H2,1H3. The summed E-state index contributed by atoms with van der Waals surface area (Å²) in [5.74, 6) is -0.733. The number of piperidine rings is 1. The molecule has 1 N–H and O–H groups in total. The van der Waals surface area contributed by atoms with Crippen molar-refractivity contribution < 1.29 is 23.5 Å². The Morgan fingerprint density at radius 1 is 1.12 bits per heavy atom. The van der Waals surface area contributed by atoms with Crippen molar-refractivity contribution in [1.29, 1.82) is 0 Å². The van der Waals surface area contributed by atoms with Crippen LogP contribution in [0.15, 0.2) is 60.3 Å². The van der Waals surface area contributed by atoms with Crippen molar-refractivity contribution in [2.75, 3.05) is 26.7 Å². The molecule has 8 nitrogen and oxygen atoms in total. The number of rotatable bonds is 9. The number of benzene rings is 2. The predicted molar refractivity (Wildman–Crippen MR) is 121 cm³/mol. The van der Waals surface area contributed by atoms with E-state index in [-0.39, 0.29) is 18.7 Å². The fourth-order valence-electron chi connectivity index (χ4n) is 4.06. The summed E-state index contributed by atoms with van der Waals surface area (Å²) in [7, 11) is 1.62. The summed E-state index contributed by atoms with van der Waals surface area (Å²) < 4.78 is 34.7. The van der Waals surface area contributed by atoms with Crippen LogP contribution in [0.2, 0.25) is 0 Å². The van der Waals surface area contributed by atoms with E-state index in [0.29, 0.717) is 32.5 Å². The molecule has 0 aliphatic carbocycles. The molecule has 3 aromatic rings. The smallest absolute Gasteiger partial charge is 0.142 e. The molecule has 0 spiro atoms. The highest BCUT2D eigenvalue weighted by molar-refractivity contribution is 5.84. The first-order valence-electron chi connectivity index (χ1n) is 11.0. The van der Waals surface area contributed by atoms with Gasteiger partial charge in [0.05, 0.1) is 19.4 Å². The minimum atomic E-state index is -1.62. The summed E-state index contributed by atoms with van der Waals surface area (Å²) in [5.41, 5.74) is 0.279. The van der Waals surface area contributed by atoms with Crippen molar-refractivity contribution in [2.45, 2.75) is 31.6 Å². The van der Waals surface area contributed by atoms with E-state index in [9.17, 15) is 13.9 Å². The number of halogens is 2. The van der Waals surface area contributed by atoms with E-state index in [0.717, 1.165) is 29.2 Å². The quantitative estimate of drug-likeness (QED) is 0.483. The van der Waals surface area contributed by atoms with Crippen LogP contribution < -0.4 is 4.74 Å². The van der Waals surface area contributed by atoms with E-state index in [4.69, 9.17) is 9.57 Å². The Hall–Kier alpha value is -3.37. The molecule has 1 aromatic heterocycles. The maximum Gasteiger partial charge on any atom is 0.142 e. The number of nitrogens with zero attached hydrogens (tertiary/aromatic N) is 5. The second-order valence-corrected chi connectivity index (χ2v) is 8.31. The summed E-state index contributed by atoms with van der Waals surface area (Å²) in [6.45, 7) is 1.70. The number of hydrogen-bond acceptors (Lipinski definition) is 7. The number of ether oxygens (including phenoxy) is 1. The van der Waals surface area contributed by atoms with Gasteiger partial charge in [-0.2, -0.15) is 5.10 Å². The third kappa shape index (κ3) is 5.95. The summed E-state index contributed by atoms with van der Waals surface area (Å²) in [6.07, 6.45) is 4.11. The Bertz CT molecular complexity index is 1120. The first-order chi connectivity index (χ1) is 16.4. The topological polar surface area (TPSA) is 85.0 Å². The molecule has 1 aliphatic rings. The van der Waals surface area contributed by atoms with Crippen LogP contribution in [0, 0.1) is 11.6 Å². The molecule has 10 heteroatoms. The Labute approximate surface area is 196 Å². The molecule has 1 unspecified atom stereocenters. The van der Waals surface area contributed by atoms with Gasteiger partial charge in [0.1, 0.15) is 42.2 Å². The van der Waals surface area contributed by atoms with Crippen LogP contribution in [-0.2, 0) is 23.6 Å². The molecule has 1 saturated heterocycles. The normalized spacial score (nSPS) is 16.2. The van der Waals surface area contributed by atoms with E-state index in [1.807, 2.05) is 29.2 Å². The number of β-amino-alcohol motifs (C(OH)–C–C–N with tert-alkyl or cyclic N) is 1. The van der Waals surface area contributed by atoms with Gasteiger partial charge in [0.2, 0.25) is 0 Å². The second-order valence-electron chi connectivity index (χ2n) is 8.31. The predicted octanol–water partition coefficient (Wildman–Crippen LogP) is 3.12. The molecule has 1 atom stereocenters. The fourth-order valence-corrected chi connectivity index (χ4v) is 4.06. The summed E-state index contributed by atoms with van der Waals surface area (Å²) in [6, 6.07) is 10.8. The zero-order valence-electron chi connectivity index (χ0n) is 18.9. The lowest BCUT2D eigenvalue weighted by atomic mass is 9.91. The molecule has 1 fully saturated rings. The molecule has 0 saturated carbocycles. The molecular formula is C24H27F2N5O3. The van der Waals surface area contributed by atoms with E-state index in [1.165, 1.54) is 23.4 Å². The van der Waals surface area contributed by atoms with Crippen LogP contribution in [0.5, 0.6) is 5.75 Å². The summed E-state index contributed by atoms with van der Waals surface area (Å²) >= 11 is 0. The summed E-state index contributed by atoms with van der Waals surface area (Å²) in [4.78, 5) is 11.4. The van der Waals surface area contributed by atoms with Crippen molar-refractivity contribution in [2.24, 2.45) is 5.16 Å². The fraction of sp³-hybridized carbons (Fsp3) is 0.375. The highest BCUT2D eigenvalue weighted by atomic mass is 19.1. The van der Waals surface area contributed by atoms with Crippen molar-refractivity contribution in [1.82, 2.24) is 19.7 Å². The van der Waals surface area contributed by atoms with Gasteiger partial charge in [-0.3, -0.25) is 4.90 Å². The highest BCUT2D eigenvalue weighted by Crippen LogP contribution is 2.28. The maximum atomic E-state index is 14.6. The van der Waals surface area contributed by atoms with Crippen LogP contribution in [0.25, 0.3) is 0 Å². The van der Waals surface area contributed by atoms with E-state index in [1.54, 1.807) is 7.11 Å². The van der Waals surface area contributed by atoms with Gasteiger partial charge in [0.15, 0.2) is 0 Å². The Morgan fingerprint density at radius 3 is 2.65 bits per heavy atom. The molecule has 2 aromatic carbocycles. The maximum absolute atomic E-state index is 14.6. The molecule has 1 aliphatic heterocycles. The van der Waals surface area contributed by atoms with Crippen LogP contribution in [0.3, 0.4) is 0 Å². The van der Waals surface area contributed by atoms with Gasteiger partial charge in [-0.15, -0.1) is 0 Å². The SMILES string of the molecule is COc1cccc(CON=C2CCN(CC(O)(Cn3cncn3)c3ccc(F)cc3F)CC2)c1. The third-order valence-electron chi connectivity index (χ3n) is 5.80. The number of aromatic nitrogens is 3. The highest BCUT2D eigenvalue weighted by Gasteiger charge is 2.36. The minimum Gasteiger partial charge on any atom is -0.497 e. The van der Waals surface area contributed by atoms with Gasteiger partial charge < -0.3 is 14.7 Å². The lowest BCUT2D eigenvalue weighted by molar-refractivity contribution is -0.0220. The van der Waals surface area contributed by atoms with E-state index in [2.05, 4.69) is 15.2 Å². The van der Waals surface area contributed by atoms with Crippen LogP contribution >= 0.6 is 0 Å². The van der Waals surface area contributed by atoms with Gasteiger partial charge in [-0.25, -0.2) is 18.4 Å². The molecule has 0 amide bonds. The molecule has 2 heterocycles. The molecule has 180 valence electrons. The first kappa shape index (κ1) is 23.8. The largest absolute Gasteiger partial charge is 0.497 e. The van der Waals surface area contributed by atoms with Crippen molar-refractivity contribution in [3.05, 3.63) is 77.9 Å². The van der Waals surface area contributed by atoms with Crippen molar-refractivity contribution in [3.8, 4) is 5.75 Å². The summed E-state index contributed by atoms with van der Waals surface area (Å²) in [5, 5.41) is 19.8. The van der Waals surface area contributed by atoms with Crippen molar-refractivity contribution in [3.63, 3.8) is 0 Å². The van der Waals surface area contributed by atoms with Crippen LogP contribution in [0.4, 0.5) is 8.78 Å². The average molecular weight is 472 g/mol. The minimum absolute atomic E-state index is 0.0172. The molecule has 4 rings (SSSR count). The van der Waals surface area contributed by atoms with Crippen molar-refractivity contribution >= 4 is 5.71 Å². The molecule has 0 bridgehead atoms. The van der Waals surface area contributed by atoms with Gasteiger partial charge in [0, 0.05) is 44.1 Å². The van der Waals surface area contributed by atoms with Crippen LogP contribution in [0.1, 0.15) is 24.0 Å². The number of aliphatic hydroxyl groups is 1. The lowest BCUT2D eigenvalue weighted by Gasteiger charge is -2.36. The number of oxime groups is 1. The molecule has 34 heavy (non-hydrogen) atoms. The van der Waals surface area contributed by atoms with Crippen LogP contribution in [-0.4, -0.2) is 57.2 Å². The van der Waals surface area contributed by atoms with Gasteiger partial charge >= 0.3 is 0 Å². The number of likely N-dealkylation sites (tertiary alicyclic amines) is 1. The zero-order chi connectivity index (χ0) is 24.0. The third-order valence-corrected chi connectivity index (χ3v) is 5.80. The monoisotopic (exact) mass is 471 g/mol. The first-order valence-corrected chi connectivity index (χ1v) is 11.0. The lowest BCUT2D eigenvalue weighted by Crippen LogP contribution is -2.47. The average Bonchev–Trinajstić information content (AvgIpc) is 3.33. The molecule has 0 radical (unpaired) electrons. The van der Waals surface area contributed by atoms with Gasteiger partial charge in [-0.1, -0.05) is 23.4 Å². The Kier molecular flexibility index (Phi) is 7.49. The number of methoxy groups -OCH3 is 1. The Balaban J connectivity index is 1.38. The van der Waals surface area contributed by atoms with E-state index >= 15 is 0 Å². The Morgan fingerprint density at radius 2 is 1.94 bits per heavy atom. The van der Waals surface area contributed by atoms with E-state index < -0.39 is 17.2 Å². The number of hydrogen-bond donors (Lipinski definition) is 1. The van der Waals surface area contributed by atoms with Gasteiger partial charge in [-0.05, 0) is 23.8 Å².